The third kappa shape index (κ3) is 5.29. The summed E-state index contributed by atoms with van der Waals surface area (Å²) in [5.74, 6) is 1.77. The molecule has 0 aromatic heterocycles. The van der Waals surface area contributed by atoms with E-state index in [4.69, 9.17) is 9.47 Å². The zero-order chi connectivity index (χ0) is 17.5. The van der Waals surface area contributed by atoms with E-state index in [2.05, 4.69) is 34.1 Å². The Bertz CT molecular complexity index is 593. The molecule has 1 aliphatic heterocycles. The largest absolute Gasteiger partial charge is 0.497 e. The van der Waals surface area contributed by atoms with Crippen LogP contribution in [0.2, 0.25) is 0 Å². The van der Waals surface area contributed by atoms with E-state index in [-0.39, 0.29) is 12.4 Å². The summed E-state index contributed by atoms with van der Waals surface area (Å²) < 4.78 is 10.6. The fourth-order valence-electron chi connectivity index (χ4n) is 3.36. The molecule has 0 spiro atoms. The lowest BCUT2D eigenvalue weighted by Crippen LogP contribution is -2.36. The summed E-state index contributed by atoms with van der Waals surface area (Å²) >= 11 is 0. The van der Waals surface area contributed by atoms with Crippen molar-refractivity contribution in [2.24, 2.45) is 0 Å². The Morgan fingerprint density at radius 1 is 0.769 bits per heavy atom. The summed E-state index contributed by atoms with van der Waals surface area (Å²) in [6.45, 7) is 4.49. The highest BCUT2D eigenvalue weighted by Crippen LogP contribution is 2.28. The molecule has 5 heteroatoms. The molecule has 0 N–H and O–H groups in total. The van der Waals surface area contributed by atoms with Crippen LogP contribution in [0.3, 0.4) is 0 Å². The number of methoxy groups -OCH3 is 2. The molecule has 2 aromatic carbocycles. The molecule has 1 heterocycles. The molecule has 1 fully saturated rings. The Balaban J connectivity index is 0.00000243. The van der Waals surface area contributed by atoms with Gasteiger partial charge in [0.25, 0.3) is 0 Å². The van der Waals surface area contributed by atoms with E-state index in [9.17, 15) is 0 Å². The molecule has 0 amide bonds. The fraction of sp³-hybridized carbons (Fsp3) is 0.429. The van der Waals surface area contributed by atoms with Gasteiger partial charge in [0.05, 0.1) is 14.2 Å². The average molecular weight is 377 g/mol. The van der Waals surface area contributed by atoms with Crippen LogP contribution in [0.5, 0.6) is 11.5 Å². The van der Waals surface area contributed by atoms with Gasteiger partial charge < -0.3 is 19.3 Å². The van der Waals surface area contributed by atoms with Crippen molar-refractivity contribution >= 4 is 23.8 Å². The van der Waals surface area contributed by atoms with Gasteiger partial charge in [0.15, 0.2) is 0 Å². The van der Waals surface area contributed by atoms with Crippen molar-refractivity contribution in [3.8, 4) is 11.5 Å². The maximum Gasteiger partial charge on any atom is 0.119 e. The summed E-state index contributed by atoms with van der Waals surface area (Å²) in [5.41, 5.74) is 2.37. The van der Waals surface area contributed by atoms with Gasteiger partial charge >= 0.3 is 0 Å². The predicted octanol–water partition coefficient (Wildman–Crippen LogP) is 4.75. The van der Waals surface area contributed by atoms with E-state index in [1.165, 1.54) is 43.7 Å². The maximum absolute atomic E-state index is 5.30. The molecular weight excluding hydrogens is 348 g/mol. The molecule has 0 unspecified atom stereocenters. The number of anilines is 2. The van der Waals surface area contributed by atoms with Crippen LogP contribution in [0.15, 0.2) is 48.5 Å². The van der Waals surface area contributed by atoms with Gasteiger partial charge in [-0.15, -0.1) is 12.4 Å². The molecule has 3 rings (SSSR count). The van der Waals surface area contributed by atoms with E-state index >= 15 is 0 Å². The Kier molecular flexibility index (Phi) is 8.07. The van der Waals surface area contributed by atoms with Crippen LogP contribution in [0.4, 0.5) is 11.4 Å². The molecular formula is C21H29ClN2O2. The minimum atomic E-state index is 0. The van der Waals surface area contributed by atoms with Crippen LogP contribution in [0, 0.1) is 0 Å². The van der Waals surface area contributed by atoms with Crippen LogP contribution in [-0.4, -0.2) is 45.3 Å². The smallest absolute Gasteiger partial charge is 0.119 e. The summed E-state index contributed by atoms with van der Waals surface area (Å²) in [5, 5.41) is 0. The maximum atomic E-state index is 5.30. The van der Waals surface area contributed by atoms with E-state index in [1.54, 1.807) is 14.2 Å². The summed E-state index contributed by atoms with van der Waals surface area (Å²) in [4.78, 5) is 4.94. The molecule has 0 atom stereocenters. The minimum Gasteiger partial charge on any atom is -0.497 e. The summed E-state index contributed by atoms with van der Waals surface area (Å²) in [6, 6.07) is 16.6. The predicted molar refractivity (Wildman–Crippen MR) is 111 cm³/mol. The topological polar surface area (TPSA) is 24.9 Å². The van der Waals surface area contributed by atoms with Gasteiger partial charge in [-0.1, -0.05) is 6.42 Å². The molecule has 2 aromatic rings. The van der Waals surface area contributed by atoms with Crippen molar-refractivity contribution in [2.45, 2.75) is 19.3 Å². The first kappa shape index (κ1) is 20.4. The standard InChI is InChI=1S/C21H28N2O2.ClH/c1-24-20-10-6-18(7-11-20)23(17-16-22-14-4-3-5-15-22)19-8-12-21(25-2)13-9-19;/h6-13H,3-5,14-17H2,1-2H3;1H. The molecule has 0 bridgehead atoms. The van der Waals surface area contributed by atoms with Crippen LogP contribution in [-0.2, 0) is 0 Å². The van der Waals surface area contributed by atoms with Gasteiger partial charge in [-0.25, -0.2) is 0 Å². The number of nitrogens with zero attached hydrogens (tertiary/aromatic N) is 2. The zero-order valence-corrected chi connectivity index (χ0v) is 16.5. The molecule has 1 saturated heterocycles. The van der Waals surface area contributed by atoms with Gasteiger partial charge in [0, 0.05) is 24.5 Å². The Labute approximate surface area is 163 Å². The number of benzene rings is 2. The van der Waals surface area contributed by atoms with Crippen molar-refractivity contribution < 1.29 is 9.47 Å². The van der Waals surface area contributed by atoms with Crippen molar-refractivity contribution in [1.82, 2.24) is 4.90 Å². The van der Waals surface area contributed by atoms with Crippen LogP contribution >= 0.6 is 12.4 Å². The third-order valence-electron chi connectivity index (χ3n) is 4.86. The molecule has 1 aliphatic rings. The number of halogens is 1. The lowest BCUT2D eigenvalue weighted by molar-refractivity contribution is 0.234. The third-order valence-corrected chi connectivity index (χ3v) is 4.86. The SMILES string of the molecule is COc1ccc(N(CCN2CCCCC2)c2ccc(OC)cc2)cc1.Cl. The van der Waals surface area contributed by atoms with E-state index in [1.807, 2.05) is 24.3 Å². The number of piperidine rings is 1. The second kappa shape index (κ2) is 10.3. The lowest BCUT2D eigenvalue weighted by Gasteiger charge is -2.31. The highest BCUT2D eigenvalue weighted by Gasteiger charge is 2.14. The zero-order valence-electron chi connectivity index (χ0n) is 15.7. The highest BCUT2D eigenvalue weighted by atomic mass is 35.5. The highest BCUT2D eigenvalue weighted by molar-refractivity contribution is 5.85. The summed E-state index contributed by atoms with van der Waals surface area (Å²) in [6.07, 6.45) is 4.02. The number of likely N-dealkylation sites (tertiary alicyclic amines) is 1. The van der Waals surface area contributed by atoms with Crippen molar-refractivity contribution in [1.29, 1.82) is 0 Å². The average Bonchev–Trinajstić information content (AvgIpc) is 2.70. The molecule has 26 heavy (non-hydrogen) atoms. The first-order valence-electron chi connectivity index (χ1n) is 9.08. The van der Waals surface area contributed by atoms with Crippen LogP contribution in [0.25, 0.3) is 0 Å². The number of rotatable bonds is 7. The quantitative estimate of drug-likeness (QED) is 0.696. The van der Waals surface area contributed by atoms with Gasteiger partial charge in [-0.05, 0) is 74.5 Å². The number of ether oxygens (including phenoxy) is 2. The Morgan fingerprint density at radius 2 is 1.23 bits per heavy atom. The van der Waals surface area contributed by atoms with E-state index < -0.39 is 0 Å². The molecule has 0 aliphatic carbocycles. The van der Waals surface area contributed by atoms with Gasteiger partial charge in [0.2, 0.25) is 0 Å². The normalized spacial score (nSPS) is 14.4. The van der Waals surface area contributed by atoms with Gasteiger partial charge in [-0.3, -0.25) is 0 Å². The van der Waals surface area contributed by atoms with Crippen LogP contribution in [0.1, 0.15) is 19.3 Å². The second-order valence-electron chi connectivity index (χ2n) is 6.45. The molecule has 4 nitrogen and oxygen atoms in total. The lowest BCUT2D eigenvalue weighted by atomic mass is 10.1. The first-order valence-corrected chi connectivity index (χ1v) is 9.08. The van der Waals surface area contributed by atoms with Crippen molar-refractivity contribution in [2.75, 3.05) is 45.3 Å². The molecule has 0 radical (unpaired) electrons. The van der Waals surface area contributed by atoms with E-state index in [0.29, 0.717) is 0 Å². The van der Waals surface area contributed by atoms with Gasteiger partial charge in [-0.2, -0.15) is 0 Å². The Hall–Kier alpha value is -1.91. The number of hydrogen-bond donors (Lipinski definition) is 0. The number of hydrogen-bond acceptors (Lipinski definition) is 4. The van der Waals surface area contributed by atoms with Crippen LogP contribution < -0.4 is 14.4 Å². The van der Waals surface area contributed by atoms with Gasteiger partial charge in [0.1, 0.15) is 11.5 Å². The monoisotopic (exact) mass is 376 g/mol. The Morgan fingerprint density at radius 3 is 1.65 bits per heavy atom. The second-order valence-corrected chi connectivity index (χ2v) is 6.45. The van der Waals surface area contributed by atoms with Crippen molar-refractivity contribution in [3.63, 3.8) is 0 Å². The van der Waals surface area contributed by atoms with Crippen molar-refractivity contribution in [3.05, 3.63) is 48.5 Å². The molecule has 0 saturated carbocycles. The molecule has 142 valence electrons. The minimum absolute atomic E-state index is 0. The fourth-order valence-corrected chi connectivity index (χ4v) is 3.36. The first-order chi connectivity index (χ1) is 12.3. The van der Waals surface area contributed by atoms with E-state index in [0.717, 1.165) is 24.6 Å². The summed E-state index contributed by atoms with van der Waals surface area (Å²) in [7, 11) is 3.40.